The third kappa shape index (κ3) is 4.22. The van der Waals surface area contributed by atoms with Crippen LogP contribution in [0.5, 0.6) is 0 Å². The van der Waals surface area contributed by atoms with E-state index in [0.29, 0.717) is 28.0 Å². The van der Waals surface area contributed by atoms with Gasteiger partial charge in [-0.25, -0.2) is 9.97 Å². The van der Waals surface area contributed by atoms with Crippen molar-refractivity contribution in [2.45, 2.75) is 6.18 Å². The molecule has 0 saturated heterocycles. The van der Waals surface area contributed by atoms with Crippen LogP contribution in [0.4, 0.5) is 30.4 Å². The molecule has 0 aliphatic carbocycles. The largest absolute Gasteiger partial charge is 0.416 e. The van der Waals surface area contributed by atoms with Gasteiger partial charge in [0.1, 0.15) is 12.1 Å². The summed E-state index contributed by atoms with van der Waals surface area (Å²) < 4.78 is 38.9. The third-order valence-corrected chi connectivity index (χ3v) is 4.38. The fraction of sp³-hybridized carbons (Fsp3) is 0.0455. The molecule has 4 aromatic rings. The molecule has 0 aliphatic rings. The van der Waals surface area contributed by atoms with Crippen molar-refractivity contribution in [2.24, 2.45) is 0 Å². The Morgan fingerprint density at radius 2 is 1.63 bits per heavy atom. The van der Waals surface area contributed by atoms with E-state index in [4.69, 9.17) is 0 Å². The first-order valence-electron chi connectivity index (χ1n) is 8.95. The molecule has 0 bridgehead atoms. The van der Waals surface area contributed by atoms with Gasteiger partial charge in [0.2, 0.25) is 0 Å². The van der Waals surface area contributed by atoms with Crippen molar-refractivity contribution in [3.8, 4) is 0 Å². The van der Waals surface area contributed by atoms with Gasteiger partial charge in [-0.1, -0.05) is 24.3 Å². The lowest BCUT2D eigenvalue weighted by Gasteiger charge is -2.12. The highest BCUT2D eigenvalue weighted by atomic mass is 19.4. The van der Waals surface area contributed by atoms with Gasteiger partial charge < -0.3 is 10.6 Å². The van der Waals surface area contributed by atoms with Crippen LogP contribution in [0.3, 0.4) is 0 Å². The minimum Gasteiger partial charge on any atom is -0.340 e. The maximum absolute atomic E-state index is 13.0. The Labute approximate surface area is 169 Å². The summed E-state index contributed by atoms with van der Waals surface area (Å²) in [4.78, 5) is 20.7. The molecule has 1 aromatic heterocycles. The van der Waals surface area contributed by atoms with Crippen LogP contribution < -0.4 is 10.6 Å². The van der Waals surface area contributed by atoms with Crippen LogP contribution in [0, 0.1) is 0 Å². The Kier molecular flexibility index (Phi) is 5.05. The number of nitrogens with one attached hydrogen (secondary N) is 2. The quantitative estimate of drug-likeness (QED) is 0.458. The van der Waals surface area contributed by atoms with Gasteiger partial charge in [0.25, 0.3) is 5.91 Å². The van der Waals surface area contributed by atoms with Crippen molar-refractivity contribution in [3.63, 3.8) is 0 Å². The van der Waals surface area contributed by atoms with Gasteiger partial charge in [0.05, 0.1) is 11.1 Å². The molecule has 0 radical (unpaired) electrons. The predicted octanol–water partition coefficient (Wildman–Crippen LogP) is 5.64. The number of amides is 1. The molecule has 5 nitrogen and oxygen atoms in total. The Morgan fingerprint density at radius 1 is 0.833 bits per heavy atom. The number of hydrogen-bond acceptors (Lipinski definition) is 4. The lowest BCUT2D eigenvalue weighted by Crippen LogP contribution is -2.11. The summed E-state index contributed by atoms with van der Waals surface area (Å²) in [5, 5.41) is 6.26. The van der Waals surface area contributed by atoms with Crippen molar-refractivity contribution >= 4 is 34.0 Å². The lowest BCUT2D eigenvalue weighted by molar-refractivity contribution is -0.137. The van der Waals surface area contributed by atoms with Gasteiger partial charge in [-0.05, 0) is 48.5 Å². The monoisotopic (exact) mass is 408 g/mol. The number of hydrogen-bond donors (Lipinski definition) is 2. The highest BCUT2D eigenvalue weighted by molar-refractivity contribution is 6.05. The number of alkyl halides is 3. The first kappa shape index (κ1) is 19.4. The van der Waals surface area contributed by atoms with Gasteiger partial charge in [0.15, 0.2) is 0 Å². The zero-order valence-corrected chi connectivity index (χ0v) is 15.4. The topological polar surface area (TPSA) is 66.9 Å². The van der Waals surface area contributed by atoms with Crippen LogP contribution in [-0.2, 0) is 6.18 Å². The molecule has 150 valence electrons. The summed E-state index contributed by atoms with van der Waals surface area (Å²) in [7, 11) is 0. The summed E-state index contributed by atoms with van der Waals surface area (Å²) in [6.45, 7) is 0. The number of fused-ring (bicyclic) bond motifs is 1. The number of nitrogens with zero attached hydrogens (tertiary/aromatic N) is 2. The second-order valence-corrected chi connectivity index (χ2v) is 6.48. The van der Waals surface area contributed by atoms with Crippen LogP contribution in [0.1, 0.15) is 15.9 Å². The molecule has 1 heterocycles. The molecule has 30 heavy (non-hydrogen) atoms. The van der Waals surface area contributed by atoms with Crippen LogP contribution in [-0.4, -0.2) is 15.9 Å². The predicted molar refractivity (Wildman–Crippen MR) is 109 cm³/mol. The van der Waals surface area contributed by atoms with E-state index >= 15 is 0 Å². The molecule has 8 heteroatoms. The molecule has 0 fully saturated rings. The van der Waals surface area contributed by atoms with E-state index in [1.54, 1.807) is 42.5 Å². The van der Waals surface area contributed by atoms with Crippen molar-refractivity contribution in [3.05, 3.63) is 90.3 Å². The number of carbonyl (C=O) groups is 1. The minimum absolute atomic E-state index is 0.239. The van der Waals surface area contributed by atoms with E-state index in [2.05, 4.69) is 20.6 Å². The van der Waals surface area contributed by atoms with Gasteiger partial charge >= 0.3 is 6.18 Å². The van der Waals surface area contributed by atoms with Crippen molar-refractivity contribution < 1.29 is 18.0 Å². The van der Waals surface area contributed by atoms with Crippen molar-refractivity contribution in [1.82, 2.24) is 9.97 Å². The SMILES string of the molecule is O=C(Nc1ccc2ncnc(Nc3cccc(C(F)(F)F)c3)c2c1)c1ccccc1. The van der Waals surface area contributed by atoms with Crippen LogP contribution in [0.15, 0.2) is 79.1 Å². The molecule has 0 atom stereocenters. The van der Waals surface area contributed by atoms with E-state index in [9.17, 15) is 18.0 Å². The van der Waals surface area contributed by atoms with E-state index in [1.165, 1.54) is 18.5 Å². The molecular formula is C22H15F3N4O. The number of benzene rings is 3. The average molecular weight is 408 g/mol. The first-order chi connectivity index (χ1) is 14.4. The smallest absolute Gasteiger partial charge is 0.340 e. The highest BCUT2D eigenvalue weighted by Gasteiger charge is 2.30. The van der Waals surface area contributed by atoms with Crippen molar-refractivity contribution in [1.29, 1.82) is 0 Å². The number of halogens is 3. The normalized spacial score (nSPS) is 11.3. The maximum Gasteiger partial charge on any atom is 0.416 e. The molecule has 0 aliphatic heterocycles. The molecule has 1 amide bonds. The Balaban J connectivity index is 1.65. The first-order valence-corrected chi connectivity index (χ1v) is 8.95. The fourth-order valence-corrected chi connectivity index (χ4v) is 2.94. The van der Waals surface area contributed by atoms with E-state index < -0.39 is 11.7 Å². The van der Waals surface area contributed by atoms with E-state index in [1.807, 2.05) is 6.07 Å². The zero-order chi connectivity index (χ0) is 21.1. The Bertz CT molecular complexity index is 1210. The van der Waals surface area contributed by atoms with Gasteiger partial charge in [-0.2, -0.15) is 13.2 Å². The maximum atomic E-state index is 13.0. The van der Waals surface area contributed by atoms with Gasteiger partial charge in [0, 0.05) is 22.3 Å². The summed E-state index contributed by atoms with van der Waals surface area (Å²) in [5.41, 5.74) is 1.07. The van der Waals surface area contributed by atoms with Gasteiger partial charge in [-0.3, -0.25) is 4.79 Å². The summed E-state index contributed by atoms with van der Waals surface area (Å²) >= 11 is 0. The third-order valence-electron chi connectivity index (χ3n) is 4.38. The Morgan fingerprint density at radius 3 is 2.40 bits per heavy atom. The molecule has 2 N–H and O–H groups in total. The number of anilines is 3. The van der Waals surface area contributed by atoms with Crippen molar-refractivity contribution in [2.75, 3.05) is 10.6 Å². The highest BCUT2D eigenvalue weighted by Crippen LogP contribution is 2.32. The summed E-state index contributed by atoms with van der Waals surface area (Å²) in [6.07, 6.45) is -3.12. The minimum atomic E-state index is -4.44. The summed E-state index contributed by atoms with van der Waals surface area (Å²) in [6, 6.07) is 18.7. The zero-order valence-electron chi connectivity index (χ0n) is 15.4. The number of carbonyl (C=O) groups excluding carboxylic acids is 1. The van der Waals surface area contributed by atoms with E-state index in [0.717, 1.165) is 12.1 Å². The molecular weight excluding hydrogens is 393 g/mol. The van der Waals surface area contributed by atoms with Gasteiger partial charge in [-0.15, -0.1) is 0 Å². The molecule has 4 rings (SSSR count). The molecule has 0 spiro atoms. The second kappa shape index (κ2) is 7.82. The van der Waals surface area contributed by atoms with Crippen LogP contribution in [0.2, 0.25) is 0 Å². The summed E-state index contributed by atoms with van der Waals surface area (Å²) in [5.74, 6) is 0.0503. The fourth-order valence-electron chi connectivity index (χ4n) is 2.94. The lowest BCUT2D eigenvalue weighted by atomic mass is 10.1. The average Bonchev–Trinajstić information content (AvgIpc) is 2.74. The standard InChI is InChI=1S/C22H15F3N4O/c23-22(24,25)15-7-4-8-16(11-15)28-20-18-12-17(9-10-19(18)26-13-27-20)29-21(30)14-5-2-1-3-6-14/h1-13H,(H,29,30)(H,26,27,28). The molecule has 3 aromatic carbocycles. The Hall–Kier alpha value is -3.94. The number of aromatic nitrogens is 2. The molecule has 0 saturated carbocycles. The van der Waals surface area contributed by atoms with Crippen LogP contribution in [0.25, 0.3) is 10.9 Å². The van der Waals surface area contributed by atoms with E-state index in [-0.39, 0.29) is 11.6 Å². The second-order valence-electron chi connectivity index (χ2n) is 6.48. The molecule has 0 unspecified atom stereocenters. The number of rotatable bonds is 4. The van der Waals surface area contributed by atoms with Crippen LogP contribution >= 0.6 is 0 Å².